The van der Waals surface area contributed by atoms with Crippen LogP contribution in [0.5, 0.6) is 0 Å². The number of hydrogen-bond acceptors (Lipinski definition) is 4. The lowest BCUT2D eigenvalue weighted by atomic mass is 9.72. The Labute approximate surface area is 228 Å². The maximum absolute atomic E-state index is 13.7. The average molecular weight is 561 g/mol. The Hall–Kier alpha value is -4.34. The Bertz CT molecular complexity index is 1350. The summed E-state index contributed by atoms with van der Waals surface area (Å²) < 4.78 is 82.2. The number of nitrogens with two attached hydrogens (primary N) is 4. The number of alkyl halides is 6. The van der Waals surface area contributed by atoms with E-state index in [1.54, 1.807) is 0 Å². The molecule has 4 aromatic rings. The molecule has 0 aliphatic heterocycles. The normalized spacial score (nSPS) is 12.4. The van der Waals surface area contributed by atoms with E-state index in [4.69, 9.17) is 22.9 Å². The van der Waals surface area contributed by atoms with Crippen LogP contribution in [0.15, 0.2) is 97.1 Å². The van der Waals surface area contributed by atoms with Gasteiger partial charge in [-0.1, -0.05) is 74.5 Å². The zero-order valence-electron chi connectivity index (χ0n) is 21.8. The van der Waals surface area contributed by atoms with Crippen molar-refractivity contribution in [2.75, 3.05) is 22.9 Å². The Morgan fingerprint density at radius 2 is 0.825 bits per heavy atom. The largest absolute Gasteiger partial charge is 0.411 e. The number of anilines is 4. The van der Waals surface area contributed by atoms with Gasteiger partial charge in [-0.2, -0.15) is 26.3 Å². The van der Waals surface area contributed by atoms with Crippen molar-refractivity contribution in [3.63, 3.8) is 0 Å². The molecule has 0 unspecified atom stereocenters. The molecule has 212 valence electrons. The van der Waals surface area contributed by atoms with E-state index >= 15 is 0 Å². The van der Waals surface area contributed by atoms with Gasteiger partial charge >= 0.3 is 12.4 Å². The zero-order chi connectivity index (χ0) is 29.9. The first-order valence-corrected chi connectivity index (χ1v) is 12.1. The third-order valence-corrected chi connectivity index (χ3v) is 6.76. The standard InChI is InChI=1S/C15H12F6N2.C15H18N2/c16-14(17,18)13(15(19,20)21,9-3-1-5-11(22)7-9)10-4-2-6-12(23)8-10;1-15(2,11-7-3-5-9-13(11)16)12-8-4-6-10-14(12)17/h1-8H,22-23H2;3-10H,16-17H2,1-2H3. The first kappa shape index (κ1) is 30.2. The zero-order valence-corrected chi connectivity index (χ0v) is 21.8. The fourth-order valence-electron chi connectivity index (χ4n) is 4.80. The van der Waals surface area contributed by atoms with Crippen molar-refractivity contribution in [2.24, 2.45) is 0 Å². The summed E-state index contributed by atoms with van der Waals surface area (Å²) in [7, 11) is 0. The van der Waals surface area contributed by atoms with E-state index in [-0.39, 0.29) is 16.8 Å². The maximum atomic E-state index is 13.7. The molecule has 0 atom stereocenters. The van der Waals surface area contributed by atoms with Gasteiger partial charge in [0.2, 0.25) is 5.41 Å². The first-order valence-electron chi connectivity index (χ1n) is 12.1. The molecule has 8 N–H and O–H groups in total. The van der Waals surface area contributed by atoms with Crippen LogP contribution >= 0.6 is 0 Å². The van der Waals surface area contributed by atoms with E-state index in [1.807, 2.05) is 36.4 Å². The van der Waals surface area contributed by atoms with Crippen LogP contribution in [0.25, 0.3) is 0 Å². The fourth-order valence-corrected chi connectivity index (χ4v) is 4.80. The first-order chi connectivity index (χ1) is 18.5. The van der Waals surface area contributed by atoms with Gasteiger partial charge in [0.25, 0.3) is 0 Å². The van der Waals surface area contributed by atoms with E-state index in [2.05, 4.69) is 26.0 Å². The molecule has 0 spiro atoms. The Kier molecular flexibility index (Phi) is 8.33. The van der Waals surface area contributed by atoms with Gasteiger partial charge in [0.05, 0.1) is 0 Å². The maximum Gasteiger partial charge on any atom is 0.411 e. The second-order valence-corrected chi connectivity index (χ2v) is 9.80. The molecule has 0 aliphatic rings. The monoisotopic (exact) mass is 560 g/mol. The summed E-state index contributed by atoms with van der Waals surface area (Å²) >= 11 is 0. The minimum Gasteiger partial charge on any atom is -0.399 e. The van der Waals surface area contributed by atoms with Crippen molar-refractivity contribution in [3.8, 4) is 0 Å². The van der Waals surface area contributed by atoms with Crippen molar-refractivity contribution >= 4 is 22.7 Å². The molecule has 10 heteroatoms. The minimum atomic E-state index is -5.65. The second-order valence-electron chi connectivity index (χ2n) is 9.80. The molecular weight excluding hydrogens is 530 g/mol. The van der Waals surface area contributed by atoms with E-state index in [0.717, 1.165) is 46.8 Å². The van der Waals surface area contributed by atoms with Gasteiger partial charge in [0, 0.05) is 28.2 Å². The molecule has 40 heavy (non-hydrogen) atoms. The van der Waals surface area contributed by atoms with Crippen molar-refractivity contribution in [2.45, 2.75) is 37.0 Å². The van der Waals surface area contributed by atoms with Crippen LogP contribution in [0, 0.1) is 0 Å². The lowest BCUT2D eigenvalue weighted by molar-refractivity contribution is -0.288. The molecule has 0 fully saturated rings. The van der Waals surface area contributed by atoms with Crippen molar-refractivity contribution in [1.29, 1.82) is 0 Å². The van der Waals surface area contributed by atoms with Crippen LogP contribution in [-0.4, -0.2) is 12.4 Å². The van der Waals surface area contributed by atoms with Crippen molar-refractivity contribution in [3.05, 3.63) is 119 Å². The minimum absolute atomic E-state index is 0.184. The van der Waals surface area contributed by atoms with Gasteiger partial charge in [0.15, 0.2) is 0 Å². The molecule has 4 aromatic carbocycles. The van der Waals surface area contributed by atoms with Crippen molar-refractivity contribution < 1.29 is 26.3 Å². The summed E-state index contributed by atoms with van der Waals surface area (Å²) in [6.07, 6.45) is -11.3. The van der Waals surface area contributed by atoms with Crippen LogP contribution in [-0.2, 0) is 10.8 Å². The predicted octanol–water partition coefficient (Wildman–Crippen LogP) is 7.44. The van der Waals surface area contributed by atoms with Gasteiger partial charge < -0.3 is 22.9 Å². The molecule has 0 heterocycles. The molecule has 4 rings (SSSR count). The highest BCUT2D eigenvalue weighted by Crippen LogP contribution is 2.56. The van der Waals surface area contributed by atoms with Crippen molar-refractivity contribution in [1.82, 2.24) is 0 Å². The third kappa shape index (κ3) is 5.66. The lowest BCUT2D eigenvalue weighted by Gasteiger charge is -2.38. The van der Waals surface area contributed by atoms with Gasteiger partial charge in [0.1, 0.15) is 0 Å². The molecule has 0 radical (unpaired) electrons. The van der Waals surface area contributed by atoms with E-state index < -0.39 is 28.9 Å². The Balaban J connectivity index is 0.000000230. The molecule has 0 saturated carbocycles. The summed E-state index contributed by atoms with van der Waals surface area (Å²) in [5.74, 6) is 0. The van der Waals surface area contributed by atoms with E-state index in [1.165, 1.54) is 12.1 Å². The predicted molar refractivity (Wildman–Crippen MR) is 148 cm³/mol. The smallest absolute Gasteiger partial charge is 0.399 e. The summed E-state index contributed by atoms with van der Waals surface area (Å²) in [5.41, 5.74) is 19.9. The van der Waals surface area contributed by atoms with Crippen LogP contribution < -0.4 is 22.9 Å². The molecule has 4 nitrogen and oxygen atoms in total. The quantitative estimate of drug-likeness (QED) is 0.154. The topological polar surface area (TPSA) is 104 Å². The number of para-hydroxylation sites is 2. The van der Waals surface area contributed by atoms with Gasteiger partial charge in [-0.15, -0.1) is 0 Å². The van der Waals surface area contributed by atoms with Gasteiger partial charge in [-0.3, -0.25) is 0 Å². The average Bonchev–Trinajstić information content (AvgIpc) is 2.83. The number of halogens is 6. The number of rotatable bonds is 4. The van der Waals surface area contributed by atoms with Gasteiger partial charge in [-0.05, 0) is 58.7 Å². The number of hydrogen-bond donors (Lipinski definition) is 4. The molecule has 0 amide bonds. The number of benzene rings is 4. The summed E-state index contributed by atoms with van der Waals surface area (Å²) in [5, 5.41) is 0. The fraction of sp³-hybridized carbons (Fsp3) is 0.200. The molecule has 0 bridgehead atoms. The van der Waals surface area contributed by atoms with E-state index in [0.29, 0.717) is 12.1 Å². The lowest BCUT2D eigenvalue weighted by Crippen LogP contribution is -2.54. The number of nitrogen functional groups attached to an aromatic ring is 4. The summed E-state index contributed by atoms with van der Waals surface area (Å²) in [6, 6.07) is 23.2. The highest BCUT2D eigenvalue weighted by Gasteiger charge is 2.72. The van der Waals surface area contributed by atoms with Crippen LogP contribution in [0.4, 0.5) is 49.1 Å². The SMILES string of the molecule is CC(C)(c1ccccc1N)c1ccccc1N.Nc1cccc(C(c2cccc(N)c2)(C(F)(F)F)C(F)(F)F)c1. The Morgan fingerprint density at radius 3 is 1.12 bits per heavy atom. The van der Waals surface area contributed by atoms with E-state index in [9.17, 15) is 26.3 Å². The van der Waals surface area contributed by atoms with Crippen LogP contribution in [0.2, 0.25) is 0 Å². The molecule has 0 saturated heterocycles. The highest BCUT2D eigenvalue weighted by atomic mass is 19.4. The van der Waals surface area contributed by atoms with Crippen LogP contribution in [0.3, 0.4) is 0 Å². The van der Waals surface area contributed by atoms with Crippen LogP contribution in [0.1, 0.15) is 36.1 Å². The molecular formula is C30H30F6N4. The molecule has 0 aromatic heterocycles. The molecule has 0 aliphatic carbocycles. The highest BCUT2D eigenvalue weighted by molar-refractivity contribution is 5.60. The Morgan fingerprint density at radius 1 is 0.475 bits per heavy atom. The second kappa shape index (κ2) is 11.0. The summed E-state index contributed by atoms with van der Waals surface area (Å²) in [6.45, 7) is 4.29. The third-order valence-electron chi connectivity index (χ3n) is 6.76. The summed E-state index contributed by atoms with van der Waals surface area (Å²) in [4.78, 5) is 0. The van der Waals surface area contributed by atoms with Gasteiger partial charge in [-0.25, -0.2) is 0 Å².